The quantitative estimate of drug-likeness (QED) is 0.618. The number of esters is 1. The fraction of sp³-hybridized carbons (Fsp3) is 0.389. The van der Waals surface area contributed by atoms with E-state index in [-0.39, 0.29) is 22.0 Å². The summed E-state index contributed by atoms with van der Waals surface area (Å²) >= 11 is 6.17. The number of aliphatic carboxylic acids is 1. The van der Waals surface area contributed by atoms with Gasteiger partial charge in [-0.25, -0.2) is 26.0 Å². The molecule has 0 fully saturated rings. The topological polar surface area (TPSA) is 144 Å². The Morgan fingerprint density at radius 3 is 2.55 bits per heavy atom. The average Bonchev–Trinajstić information content (AvgIpc) is 2.72. The van der Waals surface area contributed by atoms with E-state index in [1.807, 2.05) is 0 Å². The van der Waals surface area contributed by atoms with Gasteiger partial charge in [-0.05, 0) is 19.1 Å². The molecule has 2 atom stereocenters. The van der Waals surface area contributed by atoms with Crippen molar-refractivity contribution in [3.05, 3.63) is 45.2 Å². The lowest BCUT2D eigenvalue weighted by atomic mass is 9.80. The molecule has 0 aromatic heterocycles. The number of carbonyl (C=O) groups is 2. The second kappa shape index (κ2) is 8.32. The number of carboxylic acids is 1. The van der Waals surface area contributed by atoms with Crippen molar-refractivity contribution in [2.45, 2.75) is 12.8 Å². The Bertz CT molecular complexity index is 1220. The molecular formula is C18H17ClFNO8S2. The summed E-state index contributed by atoms with van der Waals surface area (Å²) in [4.78, 5) is 27.1. The lowest BCUT2D eigenvalue weighted by Crippen LogP contribution is -2.38. The largest absolute Gasteiger partial charge is 0.479 e. The van der Waals surface area contributed by atoms with Crippen molar-refractivity contribution >= 4 is 48.9 Å². The van der Waals surface area contributed by atoms with Crippen LogP contribution in [0.2, 0.25) is 5.02 Å². The van der Waals surface area contributed by atoms with Gasteiger partial charge in [0.25, 0.3) is 0 Å². The second-order valence-corrected chi connectivity index (χ2v) is 11.7. The molecule has 13 heteroatoms. The van der Waals surface area contributed by atoms with Gasteiger partial charge in [0.2, 0.25) is 0 Å². The summed E-state index contributed by atoms with van der Waals surface area (Å²) in [6.07, 6.45) is 0. The predicted molar refractivity (Wildman–Crippen MR) is 109 cm³/mol. The number of sulfone groups is 2. The molecule has 0 saturated heterocycles. The van der Waals surface area contributed by atoms with Crippen LogP contribution in [0.4, 0.5) is 4.39 Å². The molecule has 1 N–H and O–H groups in total. The zero-order valence-electron chi connectivity index (χ0n) is 16.0. The molecule has 0 radical (unpaired) electrons. The predicted octanol–water partition coefficient (Wildman–Crippen LogP) is 1.34. The third-order valence-electron chi connectivity index (χ3n) is 4.92. The van der Waals surface area contributed by atoms with E-state index < -0.39 is 78.0 Å². The Hall–Kier alpha value is -2.31. The summed E-state index contributed by atoms with van der Waals surface area (Å²) in [6.45, 7) is 0.315. The van der Waals surface area contributed by atoms with E-state index in [0.29, 0.717) is 0 Å². The first-order valence-corrected chi connectivity index (χ1v) is 12.7. The fourth-order valence-corrected chi connectivity index (χ4v) is 8.03. The summed E-state index contributed by atoms with van der Waals surface area (Å²) in [6, 6.07) is 3.59. The summed E-state index contributed by atoms with van der Waals surface area (Å²) in [7, 11) is -8.13. The SMILES string of the molecule is CC1=NC2=C(C(c3c(F)cccc3Cl)C1C(=O)OCC(=O)O)S(=O)(=O)CCS(=O)(=O)C2. The van der Waals surface area contributed by atoms with E-state index in [0.717, 1.165) is 6.07 Å². The summed E-state index contributed by atoms with van der Waals surface area (Å²) < 4.78 is 70.3. The third kappa shape index (κ3) is 4.65. The monoisotopic (exact) mass is 493 g/mol. The van der Waals surface area contributed by atoms with E-state index >= 15 is 0 Å². The van der Waals surface area contributed by atoms with Crippen LogP contribution in [-0.2, 0) is 34.0 Å². The molecule has 0 spiro atoms. The molecular weight excluding hydrogens is 477 g/mol. The Balaban J connectivity index is 2.31. The highest BCUT2D eigenvalue weighted by molar-refractivity contribution is 7.98. The van der Waals surface area contributed by atoms with Crippen molar-refractivity contribution in [3.63, 3.8) is 0 Å². The highest BCUT2D eigenvalue weighted by Crippen LogP contribution is 2.46. The average molecular weight is 494 g/mol. The molecule has 168 valence electrons. The van der Waals surface area contributed by atoms with Crippen LogP contribution in [-0.4, -0.2) is 63.5 Å². The first-order valence-electron chi connectivity index (χ1n) is 8.88. The van der Waals surface area contributed by atoms with Crippen LogP contribution in [0.25, 0.3) is 0 Å². The van der Waals surface area contributed by atoms with Crippen molar-refractivity contribution < 1.29 is 40.7 Å². The molecule has 1 aromatic carbocycles. The van der Waals surface area contributed by atoms with Gasteiger partial charge in [0, 0.05) is 22.2 Å². The van der Waals surface area contributed by atoms with Gasteiger partial charge >= 0.3 is 11.9 Å². The maximum atomic E-state index is 14.9. The molecule has 31 heavy (non-hydrogen) atoms. The number of aliphatic imine (C=N–C) groups is 1. The molecule has 0 aliphatic carbocycles. The summed E-state index contributed by atoms with van der Waals surface area (Å²) in [5, 5.41) is 8.61. The summed E-state index contributed by atoms with van der Waals surface area (Å²) in [5.41, 5.74) is -0.710. The van der Waals surface area contributed by atoms with E-state index in [1.54, 1.807) is 0 Å². The minimum absolute atomic E-state index is 0.0502. The highest BCUT2D eigenvalue weighted by atomic mass is 35.5. The molecule has 1 aromatic rings. The number of halogens is 2. The van der Waals surface area contributed by atoms with Crippen LogP contribution in [0.3, 0.4) is 0 Å². The van der Waals surface area contributed by atoms with Gasteiger partial charge in [-0.15, -0.1) is 0 Å². The molecule has 2 heterocycles. The van der Waals surface area contributed by atoms with Gasteiger partial charge < -0.3 is 9.84 Å². The van der Waals surface area contributed by atoms with Gasteiger partial charge in [-0.3, -0.25) is 9.79 Å². The molecule has 2 unspecified atom stereocenters. The van der Waals surface area contributed by atoms with Crippen LogP contribution < -0.4 is 0 Å². The van der Waals surface area contributed by atoms with Crippen LogP contribution in [0.1, 0.15) is 18.4 Å². The number of rotatable bonds is 4. The number of carboxylic acid groups (broad SMARTS) is 1. The van der Waals surface area contributed by atoms with Crippen molar-refractivity contribution in [1.29, 1.82) is 0 Å². The van der Waals surface area contributed by atoms with E-state index in [2.05, 4.69) is 4.99 Å². The van der Waals surface area contributed by atoms with Gasteiger partial charge in [-0.1, -0.05) is 17.7 Å². The molecule has 0 bridgehead atoms. The second-order valence-electron chi connectivity index (χ2n) is 7.07. The first-order chi connectivity index (χ1) is 14.3. The van der Waals surface area contributed by atoms with Gasteiger partial charge in [0.15, 0.2) is 26.3 Å². The standard InChI is InChI=1S/C18H17ClFNO8S2/c1-9-14(18(24)29-7-13(22)23)16(15-10(19)3-2-4-11(15)20)17-12(21-9)8-30(25,26)5-6-31(17,27)28/h2-4,14,16H,5-8H2,1H3,(H,22,23). The Kier molecular flexibility index (Phi) is 6.27. The maximum absolute atomic E-state index is 14.9. The molecule has 2 aliphatic heterocycles. The Morgan fingerprint density at radius 2 is 1.94 bits per heavy atom. The number of allylic oxidation sites excluding steroid dienone is 1. The van der Waals surface area contributed by atoms with Crippen LogP contribution >= 0.6 is 11.6 Å². The third-order valence-corrected chi connectivity index (χ3v) is 8.95. The maximum Gasteiger partial charge on any atom is 0.341 e. The molecule has 0 amide bonds. The first kappa shape index (κ1) is 23.4. The Labute approximate surface area is 182 Å². The van der Waals surface area contributed by atoms with Crippen molar-refractivity contribution in [1.82, 2.24) is 0 Å². The minimum Gasteiger partial charge on any atom is -0.479 e. The van der Waals surface area contributed by atoms with E-state index in [4.69, 9.17) is 21.4 Å². The number of hydrogen-bond donors (Lipinski definition) is 1. The summed E-state index contributed by atoms with van der Waals surface area (Å²) in [5.74, 6) is -8.76. The number of nitrogens with zero attached hydrogens (tertiary/aromatic N) is 1. The molecule has 0 saturated carbocycles. The number of ether oxygens (including phenoxy) is 1. The van der Waals surface area contributed by atoms with Gasteiger partial charge in [0.1, 0.15) is 11.7 Å². The molecule has 9 nitrogen and oxygen atoms in total. The zero-order valence-corrected chi connectivity index (χ0v) is 18.4. The van der Waals surface area contributed by atoms with E-state index in [1.165, 1.54) is 19.1 Å². The lowest BCUT2D eigenvalue weighted by molar-refractivity contribution is -0.156. The number of carbonyl (C=O) groups excluding carboxylic acids is 1. The van der Waals surface area contributed by atoms with Crippen LogP contribution in [0.15, 0.2) is 33.8 Å². The zero-order chi connectivity index (χ0) is 23.1. The highest BCUT2D eigenvalue weighted by Gasteiger charge is 2.48. The van der Waals surface area contributed by atoms with E-state index in [9.17, 15) is 30.8 Å². The van der Waals surface area contributed by atoms with Gasteiger partial charge in [0.05, 0.1) is 27.9 Å². The number of hydrogen-bond acceptors (Lipinski definition) is 8. The van der Waals surface area contributed by atoms with Gasteiger partial charge in [-0.2, -0.15) is 0 Å². The fourth-order valence-electron chi connectivity index (χ4n) is 3.65. The van der Waals surface area contributed by atoms with Crippen molar-refractivity contribution in [2.24, 2.45) is 10.9 Å². The molecule has 3 rings (SSSR count). The number of benzene rings is 1. The van der Waals surface area contributed by atoms with Crippen LogP contribution in [0, 0.1) is 11.7 Å². The Morgan fingerprint density at radius 1 is 1.26 bits per heavy atom. The van der Waals surface area contributed by atoms with Crippen molar-refractivity contribution in [2.75, 3.05) is 23.9 Å². The minimum atomic E-state index is -4.30. The smallest absolute Gasteiger partial charge is 0.341 e. The normalized spacial score (nSPS) is 24.5. The van der Waals surface area contributed by atoms with Crippen molar-refractivity contribution in [3.8, 4) is 0 Å². The van der Waals surface area contributed by atoms with Crippen LogP contribution in [0.5, 0.6) is 0 Å². The lowest BCUT2D eigenvalue weighted by Gasteiger charge is -2.32. The molecule has 2 aliphatic rings.